The lowest BCUT2D eigenvalue weighted by Crippen LogP contribution is -2.09. The van der Waals surface area contributed by atoms with Crippen LogP contribution in [0.5, 0.6) is 0 Å². The molecule has 2 rings (SSSR count). The van der Waals surface area contributed by atoms with E-state index in [-0.39, 0.29) is 0 Å². The van der Waals surface area contributed by atoms with Crippen LogP contribution >= 0.6 is 34.8 Å². The van der Waals surface area contributed by atoms with Crippen LogP contribution in [0, 0.1) is 6.92 Å². The van der Waals surface area contributed by atoms with E-state index in [1.807, 2.05) is 0 Å². The van der Waals surface area contributed by atoms with Gasteiger partial charge in [0.1, 0.15) is 17.5 Å². The second-order valence-electron chi connectivity index (χ2n) is 2.89. The van der Waals surface area contributed by atoms with Gasteiger partial charge in [-0.1, -0.05) is 34.8 Å². The highest BCUT2D eigenvalue weighted by molar-refractivity contribution is 6.66. The molecule has 0 aromatic carbocycles. The SMILES string of the molecule is Cc1nc2cncnc2nc1C(Cl)(Cl)Cl. The van der Waals surface area contributed by atoms with Crippen molar-refractivity contribution in [2.75, 3.05) is 0 Å². The Balaban J connectivity index is 2.73. The number of halogens is 3. The van der Waals surface area contributed by atoms with E-state index in [1.165, 1.54) is 6.33 Å². The first-order chi connectivity index (χ1) is 6.98. The molecule has 0 spiro atoms. The van der Waals surface area contributed by atoms with Gasteiger partial charge in [0.25, 0.3) is 0 Å². The molecule has 0 unspecified atom stereocenters. The highest BCUT2D eigenvalue weighted by Crippen LogP contribution is 2.38. The van der Waals surface area contributed by atoms with Gasteiger partial charge >= 0.3 is 0 Å². The summed E-state index contributed by atoms with van der Waals surface area (Å²) in [5.74, 6) is 0. The highest BCUT2D eigenvalue weighted by atomic mass is 35.6. The van der Waals surface area contributed by atoms with Gasteiger partial charge < -0.3 is 0 Å². The number of hydrogen-bond donors (Lipinski definition) is 0. The van der Waals surface area contributed by atoms with E-state index in [1.54, 1.807) is 13.1 Å². The lowest BCUT2D eigenvalue weighted by atomic mass is 10.3. The number of fused-ring (bicyclic) bond motifs is 1. The van der Waals surface area contributed by atoms with E-state index < -0.39 is 3.79 Å². The average molecular weight is 264 g/mol. The fourth-order valence-corrected chi connectivity index (χ4v) is 1.71. The van der Waals surface area contributed by atoms with Crippen molar-refractivity contribution in [2.24, 2.45) is 0 Å². The number of aryl methyl sites for hydroxylation is 1. The summed E-state index contributed by atoms with van der Waals surface area (Å²) in [7, 11) is 0. The molecule has 0 aliphatic heterocycles. The molecule has 78 valence electrons. The van der Waals surface area contributed by atoms with Crippen molar-refractivity contribution in [1.29, 1.82) is 0 Å². The molecule has 0 saturated carbocycles. The topological polar surface area (TPSA) is 51.6 Å². The number of hydrogen-bond acceptors (Lipinski definition) is 4. The molecule has 2 heterocycles. The van der Waals surface area contributed by atoms with Crippen LogP contribution < -0.4 is 0 Å². The van der Waals surface area contributed by atoms with E-state index >= 15 is 0 Å². The summed E-state index contributed by atoms with van der Waals surface area (Å²) in [5, 5.41) is 0. The summed E-state index contributed by atoms with van der Waals surface area (Å²) in [6.07, 6.45) is 2.93. The zero-order valence-corrected chi connectivity index (χ0v) is 9.85. The third-order valence-corrected chi connectivity index (χ3v) is 2.33. The molecule has 0 amide bonds. The summed E-state index contributed by atoms with van der Waals surface area (Å²) < 4.78 is -1.59. The first kappa shape index (κ1) is 10.8. The van der Waals surface area contributed by atoms with Crippen LogP contribution in [0.1, 0.15) is 11.4 Å². The number of alkyl halides is 3. The second kappa shape index (κ2) is 3.70. The molecule has 0 aliphatic rings. The first-order valence-corrected chi connectivity index (χ1v) is 5.13. The molecule has 0 N–H and O–H groups in total. The Morgan fingerprint density at radius 1 is 1.20 bits per heavy atom. The van der Waals surface area contributed by atoms with Gasteiger partial charge in [0, 0.05) is 0 Å². The molecule has 0 aliphatic carbocycles. The van der Waals surface area contributed by atoms with E-state index in [9.17, 15) is 0 Å². The lowest BCUT2D eigenvalue weighted by molar-refractivity contribution is 1.000. The summed E-state index contributed by atoms with van der Waals surface area (Å²) >= 11 is 17.2. The van der Waals surface area contributed by atoms with Crippen molar-refractivity contribution in [3.8, 4) is 0 Å². The second-order valence-corrected chi connectivity index (χ2v) is 5.17. The van der Waals surface area contributed by atoms with Gasteiger partial charge in [0.15, 0.2) is 5.65 Å². The molecule has 0 radical (unpaired) electrons. The molecule has 0 saturated heterocycles. The van der Waals surface area contributed by atoms with Crippen molar-refractivity contribution >= 4 is 46.0 Å². The van der Waals surface area contributed by atoms with Gasteiger partial charge in [0.2, 0.25) is 3.79 Å². The zero-order valence-electron chi connectivity index (χ0n) is 7.58. The minimum atomic E-state index is -1.59. The molecule has 2 aromatic rings. The van der Waals surface area contributed by atoms with Crippen LogP contribution in [0.15, 0.2) is 12.5 Å². The maximum Gasteiger partial charge on any atom is 0.234 e. The highest BCUT2D eigenvalue weighted by Gasteiger charge is 2.28. The van der Waals surface area contributed by atoms with Crippen molar-refractivity contribution < 1.29 is 0 Å². The normalized spacial score (nSPS) is 12.0. The van der Waals surface area contributed by atoms with Crippen molar-refractivity contribution in [3.05, 3.63) is 23.9 Å². The monoisotopic (exact) mass is 262 g/mol. The third-order valence-electron chi connectivity index (χ3n) is 1.79. The predicted octanol–water partition coefficient (Wildman–Crippen LogP) is 2.55. The van der Waals surface area contributed by atoms with Gasteiger partial charge in [-0.05, 0) is 6.92 Å². The molecular formula is C8H5Cl3N4. The van der Waals surface area contributed by atoms with Crippen LogP contribution in [0.3, 0.4) is 0 Å². The zero-order chi connectivity index (χ0) is 11.1. The predicted molar refractivity (Wildman–Crippen MR) is 59.1 cm³/mol. The standard InChI is InChI=1S/C8H5Cl3N4/c1-4-6(8(9,10)11)15-7-5(14-4)2-12-3-13-7/h2-3H,1H3. The van der Waals surface area contributed by atoms with E-state index in [0.29, 0.717) is 22.6 Å². The number of aromatic nitrogens is 4. The maximum absolute atomic E-state index is 5.75. The van der Waals surface area contributed by atoms with Gasteiger partial charge in [-0.2, -0.15) is 0 Å². The van der Waals surface area contributed by atoms with Gasteiger partial charge in [-0.3, -0.25) is 0 Å². The summed E-state index contributed by atoms with van der Waals surface area (Å²) in [4.78, 5) is 16.1. The van der Waals surface area contributed by atoms with Crippen molar-refractivity contribution in [2.45, 2.75) is 10.7 Å². The fraction of sp³-hybridized carbons (Fsp3) is 0.250. The minimum Gasteiger partial charge on any atom is -0.246 e. The van der Waals surface area contributed by atoms with E-state index in [4.69, 9.17) is 34.8 Å². The third kappa shape index (κ3) is 2.12. The Hall–Kier alpha value is -0.710. The molecule has 7 heteroatoms. The van der Waals surface area contributed by atoms with Gasteiger partial charge in [-0.15, -0.1) is 0 Å². The smallest absolute Gasteiger partial charge is 0.234 e. The summed E-state index contributed by atoms with van der Waals surface area (Å²) in [5.41, 5.74) is 1.83. The molecule has 4 nitrogen and oxygen atoms in total. The molecule has 0 fully saturated rings. The first-order valence-electron chi connectivity index (χ1n) is 4.00. The molecular weight excluding hydrogens is 258 g/mol. The average Bonchev–Trinajstić information content (AvgIpc) is 2.15. The van der Waals surface area contributed by atoms with E-state index in [0.717, 1.165) is 0 Å². The quantitative estimate of drug-likeness (QED) is 0.686. The molecule has 2 aromatic heterocycles. The summed E-state index contributed by atoms with van der Waals surface area (Å²) in [6, 6.07) is 0. The van der Waals surface area contributed by atoms with Crippen LogP contribution in [0.2, 0.25) is 0 Å². The Bertz CT molecular complexity index is 509. The minimum absolute atomic E-state index is 0.290. The lowest BCUT2D eigenvalue weighted by Gasteiger charge is -2.12. The largest absolute Gasteiger partial charge is 0.246 e. The Morgan fingerprint density at radius 3 is 2.60 bits per heavy atom. The Morgan fingerprint density at radius 2 is 1.93 bits per heavy atom. The molecule has 0 bridgehead atoms. The Kier molecular flexibility index (Phi) is 2.66. The van der Waals surface area contributed by atoms with Crippen molar-refractivity contribution in [1.82, 2.24) is 19.9 Å². The number of rotatable bonds is 0. The number of nitrogens with zero attached hydrogens (tertiary/aromatic N) is 4. The molecule has 15 heavy (non-hydrogen) atoms. The van der Waals surface area contributed by atoms with E-state index in [2.05, 4.69) is 19.9 Å². The van der Waals surface area contributed by atoms with Crippen LogP contribution in [0.4, 0.5) is 0 Å². The van der Waals surface area contributed by atoms with Crippen LogP contribution in [0.25, 0.3) is 11.2 Å². The van der Waals surface area contributed by atoms with Crippen molar-refractivity contribution in [3.63, 3.8) is 0 Å². The Labute approximate surface area is 101 Å². The van der Waals surface area contributed by atoms with Gasteiger partial charge in [0.05, 0.1) is 11.9 Å². The van der Waals surface area contributed by atoms with Crippen LogP contribution in [-0.4, -0.2) is 19.9 Å². The van der Waals surface area contributed by atoms with Gasteiger partial charge in [-0.25, -0.2) is 19.9 Å². The maximum atomic E-state index is 5.75. The fourth-order valence-electron chi connectivity index (χ4n) is 1.17. The van der Waals surface area contributed by atoms with Crippen LogP contribution in [-0.2, 0) is 3.79 Å². The molecule has 0 atom stereocenters. The summed E-state index contributed by atoms with van der Waals surface area (Å²) in [6.45, 7) is 1.72.